The van der Waals surface area contributed by atoms with Gasteiger partial charge in [-0.25, -0.2) is 15.0 Å². The minimum absolute atomic E-state index is 0.116. The van der Waals surface area contributed by atoms with Crippen LogP contribution in [0.1, 0.15) is 15.9 Å². The zero-order chi connectivity index (χ0) is 24.1. The van der Waals surface area contributed by atoms with Crippen LogP contribution in [0.4, 0.5) is 24.8 Å². The van der Waals surface area contributed by atoms with E-state index < -0.39 is 23.4 Å². The number of carbonyl (C=O) groups excluding carboxylic acids is 1. The van der Waals surface area contributed by atoms with E-state index in [0.717, 1.165) is 6.07 Å². The second-order valence-corrected chi connectivity index (χ2v) is 6.97. The molecule has 2 aromatic carbocycles. The quantitative estimate of drug-likeness (QED) is 0.383. The van der Waals surface area contributed by atoms with Crippen LogP contribution < -0.4 is 15.4 Å². The number of hydrogen-bond acceptors (Lipinski definition) is 6. The maximum atomic E-state index is 13.9. The predicted octanol–water partition coefficient (Wildman–Crippen LogP) is 5.64. The number of nitrogens with one attached hydrogen (secondary N) is 2. The molecule has 0 aliphatic rings. The summed E-state index contributed by atoms with van der Waals surface area (Å²) in [7, 11) is 1.64. The van der Waals surface area contributed by atoms with Crippen LogP contribution in [0.3, 0.4) is 0 Å². The van der Waals surface area contributed by atoms with Gasteiger partial charge in [0.25, 0.3) is 5.91 Å². The second-order valence-electron chi connectivity index (χ2n) is 6.97. The summed E-state index contributed by atoms with van der Waals surface area (Å²) in [4.78, 5) is 25.1. The van der Waals surface area contributed by atoms with Gasteiger partial charge in [-0.2, -0.15) is 13.2 Å². The fraction of sp³-hybridized carbons (Fsp3) is 0.0833. The Kier molecular flexibility index (Phi) is 6.39. The highest BCUT2D eigenvalue weighted by Crippen LogP contribution is 2.43. The summed E-state index contributed by atoms with van der Waals surface area (Å²) in [6.07, 6.45) is -1.86. The number of carbonyl (C=O) groups is 1. The third-order valence-corrected chi connectivity index (χ3v) is 4.73. The number of halogens is 3. The maximum absolute atomic E-state index is 13.9. The van der Waals surface area contributed by atoms with Crippen LogP contribution >= 0.6 is 0 Å². The largest absolute Gasteiger partial charge is 0.435 e. The molecule has 2 N–H and O–H groups in total. The third-order valence-electron chi connectivity index (χ3n) is 4.73. The van der Waals surface area contributed by atoms with Crippen LogP contribution in [0.5, 0.6) is 11.6 Å². The Hall–Kier alpha value is -4.47. The van der Waals surface area contributed by atoms with Crippen molar-refractivity contribution < 1.29 is 22.7 Å². The van der Waals surface area contributed by atoms with Crippen molar-refractivity contribution in [1.82, 2.24) is 15.0 Å². The lowest BCUT2D eigenvalue weighted by Gasteiger charge is -2.18. The summed E-state index contributed by atoms with van der Waals surface area (Å²) in [5.74, 6) is -0.962. The number of pyridine rings is 1. The Bertz CT molecular complexity index is 1310. The Morgan fingerprint density at radius 1 is 0.912 bits per heavy atom. The minimum atomic E-state index is -4.74. The van der Waals surface area contributed by atoms with Crippen LogP contribution in [0.15, 0.2) is 79.1 Å². The summed E-state index contributed by atoms with van der Waals surface area (Å²) >= 11 is 0. The highest BCUT2D eigenvalue weighted by molar-refractivity contribution is 6.05. The third kappa shape index (κ3) is 4.96. The summed E-state index contributed by atoms with van der Waals surface area (Å²) in [5.41, 5.74) is -0.196. The van der Waals surface area contributed by atoms with Gasteiger partial charge in [-0.1, -0.05) is 24.3 Å². The van der Waals surface area contributed by atoms with Gasteiger partial charge in [0.15, 0.2) is 5.75 Å². The molecule has 2 aromatic heterocycles. The number of anilines is 2. The standard InChI is InChI=1S/C24H18F3N5O2/c1-28-23-30-14-12-18(32-23)16-9-6-13-29-22(16)34-20-17(24(25,26)27)10-5-11-19(20)31-21(33)15-7-3-2-4-8-15/h2-14H,1H3,(H,31,33)(H,28,30,32). The number of alkyl halides is 3. The van der Waals surface area contributed by atoms with E-state index in [1.54, 1.807) is 55.6 Å². The van der Waals surface area contributed by atoms with E-state index in [0.29, 0.717) is 17.2 Å². The molecule has 0 atom stereocenters. The molecule has 0 unspecified atom stereocenters. The van der Waals surface area contributed by atoms with Gasteiger partial charge in [0.05, 0.1) is 16.9 Å². The van der Waals surface area contributed by atoms with Crippen molar-refractivity contribution in [2.75, 3.05) is 17.7 Å². The summed E-state index contributed by atoms with van der Waals surface area (Å²) in [6.45, 7) is 0. The first-order valence-corrected chi connectivity index (χ1v) is 10.1. The first-order chi connectivity index (χ1) is 16.4. The SMILES string of the molecule is CNc1nccc(-c2cccnc2Oc2c(NC(=O)c3ccccc3)cccc2C(F)(F)F)n1. The lowest BCUT2D eigenvalue weighted by molar-refractivity contribution is -0.138. The van der Waals surface area contributed by atoms with Crippen LogP contribution in [0.25, 0.3) is 11.3 Å². The first kappa shape index (κ1) is 22.7. The Balaban J connectivity index is 1.78. The topological polar surface area (TPSA) is 89.0 Å². The zero-order valence-electron chi connectivity index (χ0n) is 17.8. The number of para-hydroxylation sites is 1. The molecular weight excluding hydrogens is 447 g/mol. The normalized spacial score (nSPS) is 11.1. The molecule has 0 aliphatic heterocycles. The van der Waals surface area contributed by atoms with Crippen molar-refractivity contribution in [3.05, 3.63) is 90.3 Å². The average molecular weight is 465 g/mol. The zero-order valence-corrected chi connectivity index (χ0v) is 17.8. The van der Waals surface area contributed by atoms with E-state index in [1.807, 2.05) is 0 Å². The Morgan fingerprint density at radius 3 is 2.44 bits per heavy atom. The van der Waals surface area contributed by atoms with Gasteiger partial charge >= 0.3 is 6.18 Å². The van der Waals surface area contributed by atoms with Gasteiger partial charge in [-0.15, -0.1) is 0 Å². The van der Waals surface area contributed by atoms with E-state index >= 15 is 0 Å². The monoisotopic (exact) mass is 465 g/mol. The molecule has 0 bridgehead atoms. The summed E-state index contributed by atoms with van der Waals surface area (Å²) in [5, 5.41) is 5.31. The van der Waals surface area contributed by atoms with Crippen LogP contribution in [-0.2, 0) is 6.18 Å². The van der Waals surface area contributed by atoms with E-state index in [4.69, 9.17) is 4.74 Å². The van der Waals surface area contributed by atoms with E-state index in [-0.39, 0.29) is 17.1 Å². The summed E-state index contributed by atoms with van der Waals surface area (Å²) in [6, 6.07) is 16.3. The van der Waals surface area contributed by atoms with E-state index in [1.165, 1.54) is 24.5 Å². The number of nitrogens with zero attached hydrogens (tertiary/aromatic N) is 3. The number of benzene rings is 2. The number of aromatic nitrogens is 3. The average Bonchev–Trinajstić information content (AvgIpc) is 2.85. The molecule has 0 saturated carbocycles. The van der Waals surface area contributed by atoms with Crippen LogP contribution in [-0.4, -0.2) is 27.9 Å². The second kappa shape index (κ2) is 9.57. The molecule has 4 rings (SSSR count). The molecule has 2 heterocycles. The number of ether oxygens (including phenoxy) is 1. The number of rotatable bonds is 6. The molecular formula is C24H18F3N5O2. The number of hydrogen-bond donors (Lipinski definition) is 2. The Labute approximate surface area is 192 Å². The van der Waals surface area contributed by atoms with Crippen LogP contribution in [0, 0.1) is 0 Å². The fourth-order valence-corrected chi connectivity index (χ4v) is 3.15. The highest BCUT2D eigenvalue weighted by Gasteiger charge is 2.36. The van der Waals surface area contributed by atoms with Gasteiger partial charge in [0.2, 0.25) is 11.8 Å². The predicted molar refractivity (Wildman–Crippen MR) is 121 cm³/mol. The van der Waals surface area contributed by atoms with Gasteiger partial charge in [0.1, 0.15) is 5.56 Å². The van der Waals surface area contributed by atoms with Crippen molar-refractivity contribution in [2.45, 2.75) is 6.18 Å². The van der Waals surface area contributed by atoms with Gasteiger partial charge in [-0.3, -0.25) is 4.79 Å². The van der Waals surface area contributed by atoms with Crippen molar-refractivity contribution in [3.63, 3.8) is 0 Å². The maximum Gasteiger partial charge on any atom is 0.420 e. The molecule has 4 aromatic rings. The van der Waals surface area contributed by atoms with E-state index in [9.17, 15) is 18.0 Å². The molecule has 1 amide bonds. The molecule has 7 nitrogen and oxygen atoms in total. The van der Waals surface area contributed by atoms with Gasteiger partial charge < -0.3 is 15.4 Å². The van der Waals surface area contributed by atoms with Gasteiger partial charge in [-0.05, 0) is 42.5 Å². The lowest BCUT2D eigenvalue weighted by Crippen LogP contribution is -2.15. The van der Waals surface area contributed by atoms with Crippen molar-refractivity contribution in [1.29, 1.82) is 0 Å². The van der Waals surface area contributed by atoms with E-state index in [2.05, 4.69) is 25.6 Å². The first-order valence-electron chi connectivity index (χ1n) is 10.1. The molecule has 10 heteroatoms. The van der Waals surface area contributed by atoms with Gasteiger partial charge in [0, 0.05) is 25.0 Å². The Morgan fingerprint density at radius 2 is 1.71 bits per heavy atom. The molecule has 0 aliphatic carbocycles. The molecule has 34 heavy (non-hydrogen) atoms. The van der Waals surface area contributed by atoms with Crippen molar-refractivity contribution in [3.8, 4) is 22.9 Å². The number of amides is 1. The van der Waals surface area contributed by atoms with Crippen LogP contribution in [0.2, 0.25) is 0 Å². The molecule has 0 spiro atoms. The molecule has 172 valence electrons. The van der Waals surface area contributed by atoms with Crippen molar-refractivity contribution >= 4 is 17.5 Å². The summed E-state index contributed by atoms with van der Waals surface area (Å²) < 4.78 is 47.4. The lowest BCUT2D eigenvalue weighted by atomic mass is 10.1. The highest BCUT2D eigenvalue weighted by atomic mass is 19.4. The molecule has 0 fully saturated rings. The minimum Gasteiger partial charge on any atom is -0.435 e. The smallest absolute Gasteiger partial charge is 0.420 e. The van der Waals surface area contributed by atoms with Crippen molar-refractivity contribution in [2.24, 2.45) is 0 Å². The fourth-order valence-electron chi connectivity index (χ4n) is 3.15. The molecule has 0 saturated heterocycles. The molecule has 0 radical (unpaired) electrons.